The average molecular weight is 347 g/mol. The van der Waals surface area contributed by atoms with Crippen molar-refractivity contribution in [2.75, 3.05) is 5.32 Å². The molecule has 0 aliphatic heterocycles. The van der Waals surface area contributed by atoms with E-state index in [4.69, 9.17) is 5.26 Å². The van der Waals surface area contributed by atoms with Crippen molar-refractivity contribution in [1.29, 1.82) is 5.26 Å². The Morgan fingerprint density at radius 2 is 2.25 bits per heavy atom. The number of amides is 1. The van der Waals surface area contributed by atoms with Gasteiger partial charge in [0, 0.05) is 15.0 Å². The van der Waals surface area contributed by atoms with E-state index in [-0.39, 0.29) is 5.57 Å². The van der Waals surface area contributed by atoms with E-state index in [1.54, 1.807) is 18.2 Å². The topological polar surface area (TPSA) is 52.9 Å². The Hall–Kier alpha value is -1.90. The first-order valence-electron chi connectivity index (χ1n) is 5.83. The molecule has 0 saturated carbocycles. The van der Waals surface area contributed by atoms with Crippen LogP contribution in [0, 0.1) is 18.3 Å². The van der Waals surface area contributed by atoms with Crippen LogP contribution in [0.15, 0.2) is 45.8 Å². The maximum Gasteiger partial charge on any atom is 0.266 e. The lowest BCUT2D eigenvalue weighted by Crippen LogP contribution is -2.13. The number of thiophene rings is 1. The Kier molecular flexibility index (Phi) is 4.72. The minimum Gasteiger partial charge on any atom is -0.321 e. The zero-order chi connectivity index (χ0) is 14.5. The molecule has 1 heterocycles. The Bertz CT molecular complexity index is 713. The Morgan fingerprint density at radius 3 is 2.85 bits per heavy atom. The summed E-state index contributed by atoms with van der Waals surface area (Å²) in [5.41, 5.74) is 1.79. The van der Waals surface area contributed by atoms with Crippen LogP contribution in [0.3, 0.4) is 0 Å². The fourth-order valence-electron chi connectivity index (χ4n) is 1.58. The van der Waals surface area contributed by atoms with Gasteiger partial charge in [0.1, 0.15) is 11.6 Å². The molecular weight excluding hydrogens is 336 g/mol. The molecule has 1 aromatic heterocycles. The second-order valence-electron chi connectivity index (χ2n) is 4.10. The van der Waals surface area contributed by atoms with Gasteiger partial charge in [-0.15, -0.1) is 11.3 Å². The largest absolute Gasteiger partial charge is 0.321 e. The molecule has 0 aliphatic carbocycles. The van der Waals surface area contributed by atoms with Crippen LogP contribution in [-0.4, -0.2) is 5.91 Å². The average Bonchev–Trinajstić information content (AvgIpc) is 2.81. The van der Waals surface area contributed by atoms with Crippen LogP contribution in [-0.2, 0) is 4.79 Å². The van der Waals surface area contributed by atoms with Crippen LogP contribution in [0.2, 0.25) is 0 Å². The van der Waals surface area contributed by atoms with Gasteiger partial charge in [-0.05, 0) is 48.2 Å². The molecule has 3 nitrogen and oxygen atoms in total. The lowest BCUT2D eigenvalue weighted by Gasteiger charge is -2.04. The van der Waals surface area contributed by atoms with Crippen molar-refractivity contribution in [3.05, 3.63) is 56.2 Å². The number of benzene rings is 1. The number of nitrogens with zero attached hydrogens (tertiary/aromatic N) is 1. The van der Waals surface area contributed by atoms with E-state index in [2.05, 4.69) is 21.2 Å². The van der Waals surface area contributed by atoms with Crippen molar-refractivity contribution in [1.82, 2.24) is 0 Å². The van der Waals surface area contributed by atoms with Gasteiger partial charge in [0.05, 0.1) is 0 Å². The van der Waals surface area contributed by atoms with E-state index in [1.807, 2.05) is 36.6 Å². The summed E-state index contributed by atoms with van der Waals surface area (Å²) in [5, 5.41) is 13.8. The number of carbonyl (C=O) groups is 1. The molecule has 0 bridgehead atoms. The molecule has 0 aliphatic rings. The van der Waals surface area contributed by atoms with Gasteiger partial charge in [-0.3, -0.25) is 4.79 Å². The number of hydrogen-bond acceptors (Lipinski definition) is 3. The number of carbonyl (C=O) groups excluding carboxylic acids is 1. The summed E-state index contributed by atoms with van der Waals surface area (Å²) < 4.78 is 0.867. The van der Waals surface area contributed by atoms with Gasteiger partial charge in [-0.25, -0.2) is 0 Å². The van der Waals surface area contributed by atoms with Gasteiger partial charge in [-0.1, -0.05) is 22.0 Å². The van der Waals surface area contributed by atoms with Crippen molar-refractivity contribution in [2.45, 2.75) is 6.92 Å². The van der Waals surface area contributed by atoms with E-state index in [0.717, 1.165) is 14.9 Å². The summed E-state index contributed by atoms with van der Waals surface area (Å²) >= 11 is 4.84. The second kappa shape index (κ2) is 6.51. The molecule has 5 heteroatoms. The summed E-state index contributed by atoms with van der Waals surface area (Å²) in [5.74, 6) is -0.404. The highest BCUT2D eigenvalue weighted by Gasteiger charge is 2.10. The first kappa shape index (κ1) is 14.5. The Labute approximate surface area is 129 Å². The van der Waals surface area contributed by atoms with Crippen molar-refractivity contribution < 1.29 is 4.79 Å². The van der Waals surface area contributed by atoms with Crippen LogP contribution < -0.4 is 5.32 Å². The maximum absolute atomic E-state index is 12.1. The molecule has 1 aromatic carbocycles. The first-order valence-corrected chi connectivity index (χ1v) is 7.50. The molecule has 2 rings (SSSR count). The molecule has 0 saturated heterocycles. The molecule has 100 valence electrons. The minimum absolute atomic E-state index is 0.0931. The fraction of sp³-hybridized carbons (Fsp3) is 0.0667. The highest BCUT2D eigenvalue weighted by atomic mass is 79.9. The van der Waals surface area contributed by atoms with Crippen LogP contribution in [0.5, 0.6) is 0 Å². The molecule has 1 amide bonds. The highest BCUT2D eigenvalue weighted by Crippen LogP contribution is 2.20. The van der Waals surface area contributed by atoms with E-state index in [0.29, 0.717) is 5.69 Å². The zero-order valence-electron chi connectivity index (χ0n) is 10.7. The fourth-order valence-corrected chi connectivity index (χ4v) is 2.83. The van der Waals surface area contributed by atoms with E-state index in [9.17, 15) is 4.79 Å². The third kappa shape index (κ3) is 3.56. The van der Waals surface area contributed by atoms with Crippen molar-refractivity contribution in [3.8, 4) is 6.07 Å². The number of rotatable bonds is 3. The van der Waals surface area contributed by atoms with E-state index in [1.165, 1.54) is 11.3 Å². The number of nitrogens with one attached hydrogen (secondary N) is 1. The zero-order valence-corrected chi connectivity index (χ0v) is 13.1. The van der Waals surface area contributed by atoms with Crippen LogP contribution >= 0.6 is 27.3 Å². The van der Waals surface area contributed by atoms with Gasteiger partial charge in [0.25, 0.3) is 5.91 Å². The molecule has 2 aromatic rings. The van der Waals surface area contributed by atoms with Gasteiger partial charge in [-0.2, -0.15) is 5.26 Å². The smallest absolute Gasteiger partial charge is 0.266 e. The van der Waals surface area contributed by atoms with E-state index >= 15 is 0 Å². The van der Waals surface area contributed by atoms with Gasteiger partial charge in [0.2, 0.25) is 0 Å². The molecule has 0 atom stereocenters. The standard InChI is InChI=1S/C15H11BrN2OS/c1-10-5-6-20-14(10)7-11(9-17)15(19)18-13-4-2-3-12(16)8-13/h2-8H,1H3,(H,18,19)/b11-7+. The maximum atomic E-state index is 12.1. The molecule has 0 fully saturated rings. The summed E-state index contributed by atoms with van der Waals surface area (Å²) in [6, 6.07) is 11.1. The lowest BCUT2D eigenvalue weighted by molar-refractivity contribution is -0.112. The van der Waals surface area contributed by atoms with Gasteiger partial charge in [0.15, 0.2) is 0 Å². The molecular formula is C15H11BrN2OS. The first-order chi connectivity index (χ1) is 9.60. The molecule has 0 unspecified atom stereocenters. The lowest BCUT2D eigenvalue weighted by atomic mass is 10.2. The second-order valence-corrected chi connectivity index (χ2v) is 5.97. The van der Waals surface area contributed by atoms with Crippen LogP contribution in [0.4, 0.5) is 5.69 Å². The summed E-state index contributed by atoms with van der Waals surface area (Å²) in [6.07, 6.45) is 1.62. The monoisotopic (exact) mass is 346 g/mol. The van der Waals surface area contributed by atoms with E-state index < -0.39 is 5.91 Å². The minimum atomic E-state index is -0.404. The predicted molar refractivity (Wildman–Crippen MR) is 85.4 cm³/mol. The highest BCUT2D eigenvalue weighted by molar-refractivity contribution is 9.10. The molecule has 0 spiro atoms. The normalized spacial score (nSPS) is 10.9. The summed E-state index contributed by atoms with van der Waals surface area (Å²) in [6.45, 7) is 1.95. The number of hydrogen-bond donors (Lipinski definition) is 1. The predicted octanol–water partition coefficient (Wildman–Crippen LogP) is 4.36. The quantitative estimate of drug-likeness (QED) is 0.662. The number of aryl methyl sites for hydroxylation is 1. The molecule has 20 heavy (non-hydrogen) atoms. The third-order valence-electron chi connectivity index (χ3n) is 2.62. The van der Waals surface area contributed by atoms with Crippen LogP contribution in [0.1, 0.15) is 10.4 Å². The van der Waals surface area contributed by atoms with Crippen molar-refractivity contribution >= 4 is 44.9 Å². The number of nitriles is 1. The SMILES string of the molecule is Cc1ccsc1/C=C(\C#N)C(=O)Nc1cccc(Br)c1. The summed E-state index contributed by atoms with van der Waals surface area (Å²) in [4.78, 5) is 13.0. The van der Waals surface area contributed by atoms with Gasteiger partial charge >= 0.3 is 0 Å². The Balaban J connectivity index is 2.21. The summed E-state index contributed by atoms with van der Waals surface area (Å²) in [7, 11) is 0. The number of anilines is 1. The van der Waals surface area contributed by atoms with Gasteiger partial charge < -0.3 is 5.32 Å². The molecule has 0 radical (unpaired) electrons. The third-order valence-corrected chi connectivity index (χ3v) is 4.08. The van der Waals surface area contributed by atoms with Crippen LogP contribution in [0.25, 0.3) is 6.08 Å². The van der Waals surface area contributed by atoms with Crippen molar-refractivity contribution in [3.63, 3.8) is 0 Å². The molecule has 1 N–H and O–H groups in total. The van der Waals surface area contributed by atoms with Crippen molar-refractivity contribution in [2.24, 2.45) is 0 Å². The Morgan fingerprint density at radius 1 is 1.45 bits per heavy atom. The number of halogens is 1.